The molecule has 0 bridgehead atoms. The minimum atomic E-state index is -1.12. The van der Waals surface area contributed by atoms with E-state index >= 15 is 0 Å². The number of Topliss-reactive ketones (excluding diaryl/α,β-unsaturated/α-hetero) is 1. The summed E-state index contributed by atoms with van der Waals surface area (Å²) in [7, 11) is 0. The number of hydrogen-bond acceptors (Lipinski definition) is 5. The van der Waals surface area contributed by atoms with E-state index in [0.29, 0.717) is 39.1 Å². The zero-order valence-corrected chi connectivity index (χ0v) is 20.6. The lowest BCUT2D eigenvalue weighted by Gasteiger charge is -2.28. The lowest BCUT2D eigenvalue weighted by Crippen LogP contribution is -2.33. The average Bonchev–Trinajstić information content (AvgIpc) is 3.17. The number of anilines is 1. The maximum atomic E-state index is 13.7. The molecule has 182 valence electrons. The van der Waals surface area contributed by atoms with Crippen molar-refractivity contribution in [1.82, 2.24) is 0 Å². The predicted octanol–water partition coefficient (Wildman–Crippen LogP) is 5.82. The summed E-state index contributed by atoms with van der Waals surface area (Å²) in [6, 6.07) is 23.5. The number of halogens is 1. The Morgan fingerprint density at radius 3 is 2.44 bits per heavy atom. The largest absolute Gasteiger partial charge is 0.461 e. The molecule has 1 N–H and O–H groups in total. The summed E-state index contributed by atoms with van der Waals surface area (Å²) in [6.45, 7) is 3.46. The van der Waals surface area contributed by atoms with Gasteiger partial charge in [0.05, 0.1) is 17.2 Å². The number of hydrazone groups is 1. The Balaban J connectivity index is 1.51. The van der Waals surface area contributed by atoms with Gasteiger partial charge in [0.15, 0.2) is 5.78 Å². The fourth-order valence-electron chi connectivity index (χ4n) is 5.01. The number of carbonyl (C=O) groups is 2. The molecule has 1 amide bonds. The van der Waals surface area contributed by atoms with Crippen LogP contribution in [0.3, 0.4) is 0 Å². The molecule has 7 heteroatoms. The van der Waals surface area contributed by atoms with Gasteiger partial charge in [-0.05, 0) is 43.7 Å². The molecule has 0 fully saturated rings. The lowest BCUT2D eigenvalue weighted by atomic mass is 9.78. The topological polar surface area (TPSA) is 79.2 Å². The second-order valence-corrected chi connectivity index (χ2v) is 9.38. The van der Waals surface area contributed by atoms with Crippen LogP contribution in [0.2, 0.25) is 5.02 Å². The van der Waals surface area contributed by atoms with E-state index in [-0.39, 0.29) is 23.7 Å². The van der Waals surface area contributed by atoms with Crippen molar-refractivity contribution >= 4 is 34.7 Å². The van der Waals surface area contributed by atoms with Gasteiger partial charge in [0.25, 0.3) is 5.91 Å². The van der Waals surface area contributed by atoms with E-state index in [0.717, 1.165) is 0 Å². The maximum Gasteiger partial charge on any atom is 0.256 e. The van der Waals surface area contributed by atoms with Gasteiger partial charge in [-0.15, -0.1) is 0 Å². The van der Waals surface area contributed by atoms with E-state index in [2.05, 4.69) is 5.10 Å². The quantitative estimate of drug-likeness (QED) is 0.462. The Kier molecular flexibility index (Phi) is 6.48. The number of amides is 1. The number of aliphatic hydroxyl groups is 1. The summed E-state index contributed by atoms with van der Waals surface area (Å²) in [4.78, 5) is 27.4. The number of hydrogen-bond donors (Lipinski definition) is 1. The summed E-state index contributed by atoms with van der Waals surface area (Å²) < 4.78 is 5.86. The molecule has 5 rings (SSSR count). The second-order valence-electron chi connectivity index (χ2n) is 8.97. The van der Waals surface area contributed by atoms with E-state index < -0.39 is 17.9 Å². The molecule has 0 aromatic heterocycles. The van der Waals surface area contributed by atoms with Crippen LogP contribution in [0, 0.1) is 5.92 Å². The first kappa shape index (κ1) is 24.0. The van der Waals surface area contributed by atoms with E-state index in [1.807, 2.05) is 48.5 Å². The molecule has 3 atom stereocenters. The van der Waals surface area contributed by atoms with Gasteiger partial charge in [-0.2, -0.15) is 5.10 Å². The summed E-state index contributed by atoms with van der Waals surface area (Å²) in [5.41, 5.74) is 2.65. The van der Waals surface area contributed by atoms with Crippen molar-refractivity contribution < 1.29 is 19.4 Å². The third kappa shape index (κ3) is 4.23. The van der Waals surface area contributed by atoms with Gasteiger partial charge in [-0.3, -0.25) is 9.59 Å². The van der Waals surface area contributed by atoms with Gasteiger partial charge >= 0.3 is 0 Å². The van der Waals surface area contributed by atoms with Gasteiger partial charge in [0.2, 0.25) is 0 Å². The Hall–Kier alpha value is -3.74. The first-order chi connectivity index (χ1) is 17.4. The number of nitrogens with zero attached hydrogens (tertiary/aromatic N) is 2. The van der Waals surface area contributed by atoms with Gasteiger partial charge in [0, 0.05) is 28.6 Å². The number of para-hydroxylation sites is 2. The summed E-state index contributed by atoms with van der Waals surface area (Å²) in [5, 5.41) is 17.5. The van der Waals surface area contributed by atoms with E-state index in [9.17, 15) is 14.7 Å². The number of fused-ring (bicyclic) bond motifs is 1. The number of aliphatic hydroxyl groups excluding tert-OH is 1. The van der Waals surface area contributed by atoms with Crippen molar-refractivity contribution in [2.24, 2.45) is 11.0 Å². The number of allylic oxidation sites excluding steroid dienone is 1. The highest BCUT2D eigenvalue weighted by atomic mass is 35.5. The molecule has 3 aromatic rings. The van der Waals surface area contributed by atoms with Crippen LogP contribution in [0.5, 0.6) is 5.75 Å². The molecule has 0 saturated heterocycles. The summed E-state index contributed by atoms with van der Waals surface area (Å²) in [6.07, 6.45) is -1.17. The van der Waals surface area contributed by atoms with E-state index in [1.165, 1.54) is 5.01 Å². The van der Waals surface area contributed by atoms with Crippen LogP contribution >= 0.6 is 11.6 Å². The molecule has 0 aliphatic carbocycles. The maximum absolute atomic E-state index is 13.7. The van der Waals surface area contributed by atoms with Crippen molar-refractivity contribution in [2.45, 2.75) is 32.3 Å². The molecule has 0 spiro atoms. The molecule has 2 heterocycles. The molecule has 2 aliphatic rings. The van der Waals surface area contributed by atoms with Crippen LogP contribution in [0.15, 0.2) is 95.3 Å². The van der Waals surface area contributed by atoms with Crippen molar-refractivity contribution in [1.29, 1.82) is 0 Å². The fourth-order valence-corrected chi connectivity index (χ4v) is 5.28. The van der Waals surface area contributed by atoms with Crippen LogP contribution in [-0.2, 0) is 9.59 Å². The van der Waals surface area contributed by atoms with Crippen LogP contribution in [-0.4, -0.2) is 22.5 Å². The van der Waals surface area contributed by atoms with E-state index in [4.69, 9.17) is 16.3 Å². The van der Waals surface area contributed by atoms with Gasteiger partial charge in [0.1, 0.15) is 17.6 Å². The summed E-state index contributed by atoms with van der Waals surface area (Å²) >= 11 is 6.58. The summed E-state index contributed by atoms with van der Waals surface area (Å²) in [5.74, 6) is -0.942. The number of rotatable bonds is 6. The zero-order chi connectivity index (χ0) is 25.4. The van der Waals surface area contributed by atoms with Crippen molar-refractivity contribution in [2.75, 3.05) is 5.01 Å². The number of ether oxygens (including phenoxy) is 1. The molecule has 3 aromatic carbocycles. The van der Waals surface area contributed by atoms with Crippen molar-refractivity contribution in [3.8, 4) is 5.75 Å². The molecular formula is C29H25ClN2O4. The standard InChI is InChI=1S/C29H25ClN2O4/c1-17-26(29(35)32(31-17)19-10-4-3-5-11-19)22(20-12-6-8-14-23(20)30)16-24(33)27-18(2)36-25-15-9-7-13-21(25)28(27)34/h3-15,22,26,28,34H,16H2,1-2H3. The van der Waals surface area contributed by atoms with Crippen LogP contribution < -0.4 is 9.75 Å². The second kappa shape index (κ2) is 9.72. The van der Waals surface area contributed by atoms with Crippen molar-refractivity contribution in [3.63, 3.8) is 0 Å². The highest BCUT2D eigenvalue weighted by Gasteiger charge is 2.43. The Labute approximate surface area is 214 Å². The highest BCUT2D eigenvalue weighted by molar-refractivity contribution is 6.31. The van der Waals surface area contributed by atoms with Gasteiger partial charge in [-0.25, -0.2) is 5.01 Å². The minimum absolute atomic E-state index is 0.0507. The lowest BCUT2D eigenvalue weighted by molar-refractivity contribution is -0.121. The zero-order valence-electron chi connectivity index (χ0n) is 19.9. The SMILES string of the molecule is CC1=NN(c2ccccc2)C(=O)C1C(CC(=O)C1=C(C)Oc2ccccc2C1O)c1ccccc1Cl. The number of carbonyl (C=O) groups excluding carboxylic acids is 2. The fraction of sp³-hybridized carbons (Fsp3) is 0.207. The molecular weight excluding hydrogens is 476 g/mol. The van der Waals surface area contributed by atoms with Crippen LogP contribution in [0.4, 0.5) is 5.69 Å². The molecule has 36 heavy (non-hydrogen) atoms. The van der Waals surface area contributed by atoms with Crippen molar-refractivity contribution in [3.05, 3.63) is 106 Å². The van der Waals surface area contributed by atoms with Gasteiger partial charge in [-0.1, -0.05) is 66.2 Å². The Bertz CT molecular complexity index is 1400. The monoisotopic (exact) mass is 500 g/mol. The highest BCUT2D eigenvalue weighted by Crippen LogP contribution is 2.42. The van der Waals surface area contributed by atoms with Gasteiger partial charge < -0.3 is 9.84 Å². The first-order valence-corrected chi connectivity index (χ1v) is 12.1. The Morgan fingerprint density at radius 1 is 1.03 bits per heavy atom. The number of ketones is 1. The molecule has 3 unspecified atom stereocenters. The number of benzene rings is 3. The van der Waals surface area contributed by atoms with Crippen LogP contribution in [0.1, 0.15) is 43.4 Å². The third-order valence-electron chi connectivity index (χ3n) is 6.73. The predicted molar refractivity (Wildman–Crippen MR) is 139 cm³/mol. The van der Waals surface area contributed by atoms with E-state index in [1.54, 1.807) is 44.2 Å². The molecule has 6 nitrogen and oxygen atoms in total. The molecule has 0 radical (unpaired) electrons. The van der Waals surface area contributed by atoms with Crippen LogP contribution in [0.25, 0.3) is 0 Å². The third-order valence-corrected chi connectivity index (χ3v) is 7.07. The molecule has 0 saturated carbocycles. The normalized spacial score (nSPS) is 20.1. The average molecular weight is 501 g/mol. The molecule has 2 aliphatic heterocycles. The smallest absolute Gasteiger partial charge is 0.256 e. The first-order valence-electron chi connectivity index (χ1n) is 11.7. The minimum Gasteiger partial charge on any atom is -0.461 e. The Morgan fingerprint density at radius 2 is 1.69 bits per heavy atom.